The molecule has 1 heterocycles. The van der Waals surface area contributed by atoms with Gasteiger partial charge in [-0.15, -0.1) is 10.2 Å². The Labute approximate surface area is 88.6 Å². The standard InChI is InChI=1S/C9H7F2N3S/c1-4-2-3-5(7(11)6(4)10)8-13-14-9(12)15-8/h2-3H,1H3,(H2,12,14). The molecule has 1 aromatic heterocycles. The minimum atomic E-state index is -0.911. The average Bonchev–Trinajstić information content (AvgIpc) is 2.61. The zero-order chi connectivity index (χ0) is 11.0. The van der Waals surface area contributed by atoms with Gasteiger partial charge in [0.25, 0.3) is 0 Å². The van der Waals surface area contributed by atoms with Crippen molar-refractivity contribution in [2.24, 2.45) is 0 Å². The lowest BCUT2D eigenvalue weighted by Gasteiger charge is -2.01. The van der Waals surface area contributed by atoms with E-state index in [0.29, 0.717) is 0 Å². The van der Waals surface area contributed by atoms with Gasteiger partial charge in [0.2, 0.25) is 5.13 Å². The van der Waals surface area contributed by atoms with Gasteiger partial charge in [-0.1, -0.05) is 17.4 Å². The average molecular weight is 227 g/mol. The maximum atomic E-state index is 13.5. The molecule has 2 N–H and O–H groups in total. The number of rotatable bonds is 1. The van der Waals surface area contributed by atoms with Crippen molar-refractivity contribution in [3.05, 3.63) is 29.3 Å². The van der Waals surface area contributed by atoms with E-state index in [9.17, 15) is 8.78 Å². The van der Waals surface area contributed by atoms with Crippen molar-refractivity contribution in [2.75, 3.05) is 5.73 Å². The Hall–Kier alpha value is -1.56. The number of nitrogen functional groups attached to an aromatic ring is 1. The number of hydrogen-bond acceptors (Lipinski definition) is 4. The fraction of sp³-hybridized carbons (Fsp3) is 0.111. The smallest absolute Gasteiger partial charge is 0.203 e. The molecule has 0 saturated carbocycles. The Morgan fingerprint density at radius 2 is 1.93 bits per heavy atom. The second kappa shape index (κ2) is 3.54. The van der Waals surface area contributed by atoms with Gasteiger partial charge >= 0.3 is 0 Å². The van der Waals surface area contributed by atoms with Crippen LogP contribution < -0.4 is 5.73 Å². The summed E-state index contributed by atoms with van der Waals surface area (Å²) in [6.07, 6.45) is 0. The second-order valence-electron chi connectivity index (χ2n) is 3.00. The molecular formula is C9H7F2N3S. The van der Waals surface area contributed by atoms with Gasteiger partial charge in [-0.05, 0) is 18.6 Å². The number of anilines is 1. The maximum Gasteiger partial charge on any atom is 0.203 e. The highest BCUT2D eigenvalue weighted by atomic mass is 32.1. The van der Waals surface area contributed by atoms with Crippen molar-refractivity contribution in [3.8, 4) is 10.6 Å². The largest absolute Gasteiger partial charge is 0.374 e. The Balaban J connectivity index is 2.59. The molecule has 0 aliphatic heterocycles. The zero-order valence-electron chi connectivity index (χ0n) is 7.79. The number of benzene rings is 1. The van der Waals surface area contributed by atoms with Crippen LogP contribution in [0.1, 0.15) is 5.56 Å². The summed E-state index contributed by atoms with van der Waals surface area (Å²) >= 11 is 1.02. The van der Waals surface area contributed by atoms with Gasteiger partial charge in [0.1, 0.15) is 0 Å². The molecular weight excluding hydrogens is 220 g/mol. The summed E-state index contributed by atoms with van der Waals surface area (Å²) < 4.78 is 26.7. The maximum absolute atomic E-state index is 13.5. The summed E-state index contributed by atoms with van der Waals surface area (Å²) in [5.74, 6) is -1.77. The lowest BCUT2D eigenvalue weighted by Crippen LogP contribution is -1.92. The van der Waals surface area contributed by atoms with Crippen LogP contribution in [0, 0.1) is 18.6 Å². The van der Waals surface area contributed by atoms with Crippen LogP contribution in [-0.2, 0) is 0 Å². The number of nitrogens with two attached hydrogens (primary N) is 1. The highest BCUT2D eigenvalue weighted by Crippen LogP contribution is 2.29. The lowest BCUT2D eigenvalue weighted by molar-refractivity contribution is 0.505. The monoisotopic (exact) mass is 227 g/mol. The van der Waals surface area contributed by atoms with Crippen molar-refractivity contribution < 1.29 is 8.78 Å². The van der Waals surface area contributed by atoms with Gasteiger partial charge in [-0.3, -0.25) is 0 Å². The Bertz CT molecular complexity index is 510. The predicted molar refractivity (Wildman–Crippen MR) is 54.4 cm³/mol. The van der Waals surface area contributed by atoms with Gasteiger partial charge in [-0.25, -0.2) is 8.78 Å². The van der Waals surface area contributed by atoms with Gasteiger partial charge in [0, 0.05) is 0 Å². The number of halogens is 2. The van der Waals surface area contributed by atoms with E-state index >= 15 is 0 Å². The molecule has 0 spiro atoms. The van der Waals surface area contributed by atoms with Crippen LogP contribution in [0.25, 0.3) is 10.6 Å². The Morgan fingerprint density at radius 3 is 2.53 bits per heavy atom. The van der Waals surface area contributed by atoms with Crippen molar-refractivity contribution in [3.63, 3.8) is 0 Å². The van der Waals surface area contributed by atoms with Crippen LogP contribution in [0.4, 0.5) is 13.9 Å². The number of hydrogen-bond donors (Lipinski definition) is 1. The lowest BCUT2D eigenvalue weighted by atomic mass is 10.1. The van der Waals surface area contributed by atoms with E-state index in [0.717, 1.165) is 11.3 Å². The summed E-state index contributed by atoms with van der Waals surface area (Å²) in [6, 6.07) is 2.96. The Kier molecular flexibility index (Phi) is 2.36. The molecule has 78 valence electrons. The van der Waals surface area contributed by atoms with Crippen molar-refractivity contribution in [1.29, 1.82) is 0 Å². The van der Waals surface area contributed by atoms with E-state index in [1.54, 1.807) is 0 Å². The topological polar surface area (TPSA) is 51.8 Å². The normalized spacial score (nSPS) is 10.6. The minimum Gasteiger partial charge on any atom is -0.374 e. The molecule has 0 saturated heterocycles. The van der Waals surface area contributed by atoms with Crippen LogP contribution in [0.2, 0.25) is 0 Å². The van der Waals surface area contributed by atoms with E-state index in [1.807, 2.05) is 0 Å². The van der Waals surface area contributed by atoms with Crippen LogP contribution >= 0.6 is 11.3 Å². The molecule has 15 heavy (non-hydrogen) atoms. The van der Waals surface area contributed by atoms with Crippen LogP contribution in [-0.4, -0.2) is 10.2 Å². The van der Waals surface area contributed by atoms with E-state index in [1.165, 1.54) is 19.1 Å². The Morgan fingerprint density at radius 1 is 1.20 bits per heavy atom. The minimum absolute atomic E-state index is 0.0901. The predicted octanol–water partition coefficient (Wildman–Crippen LogP) is 2.37. The van der Waals surface area contributed by atoms with Crippen molar-refractivity contribution >= 4 is 16.5 Å². The molecule has 0 fully saturated rings. The molecule has 0 amide bonds. The van der Waals surface area contributed by atoms with E-state index in [-0.39, 0.29) is 21.3 Å². The van der Waals surface area contributed by atoms with Crippen LogP contribution in [0.5, 0.6) is 0 Å². The highest BCUT2D eigenvalue weighted by molar-refractivity contribution is 7.18. The molecule has 0 bridgehead atoms. The highest BCUT2D eigenvalue weighted by Gasteiger charge is 2.15. The summed E-state index contributed by atoms with van der Waals surface area (Å²) in [5, 5.41) is 7.71. The summed E-state index contributed by atoms with van der Waals surface area (Å²) in [7, 11) is 0. The molecule has 0 aliphatic rings. The fourth-order valence-electron chi connectivity index (χ4n) is 1.15. The first kappa shape index (κ1) is 9.97. The third-order valence-corrected chi connectivity index (χ3v) is 2.73. The summed E-state index contributed by atoms with van der Waals surface area (Å²) in [6.45, 7) is 1.50. The summed E-state index contributed by atoms with van der Waals surface area (Å²) in [5.41, 5.74) is 5.71. The fourth-order valence-corrected chi connectivity index (χ4v) is 1.78. The quantitative estimate of drug-likeness (QED) is 0.813. The second-order valence-corrected chi connectivity index (χ2v) is 4.01. The molecule has 0 atom stereocenters. The van der Waals surface area contributed by atoms with Gasteiger partial charge in [-0.2, -0.15) is 0 Å². The molecule has 2 aromatic rings. The SMILES string of the molecule is Cc1ccc(-c2nnc(N)s2)c(F)c1F. The number of nitrogens with zero attached hydrogens (tertiary/aromatic N) is 2. The van der Waals surface area contributed by atoms with E-state index in [4.69, 9.17) is 5.73 Å². The van der Waals surface area contributed by atoms with Gasteiger partial charge in [0.05, 0.1) is 5.56 Å². The first-order valence-electron chi connectivity index (χ1n) is 4.13. The van der Waals surface area contributed by atoms with Crippen LogP contribution in [0.3, 0.4) is 0 Å². The first-order valence-corrected chi connectivity index (χ1v) is 4.95. The summed E-state index contributed by atoms with van der Waals surface area (Å²) in [4.78, 5) is 0. The third-order valence-electron chi connectivity index (χ3n) is 1.95. The van der Waals surface area contributed by atoms with E-state index < -0.39 is 11.6 Å². The third kappa shape index (κ3) is 1.68. The first-order chi connectivity index (χ1) is 7.09. The molecule has 2 rings (SSSR count). The van der Waals surface area contributed by atoms with Crippen LogP contribution in [0.15, 0.2) is 12.1 Å². The number of aromatic nitrogens is 2. The molecule has 1 aromatic carbocycles. The molecule has 3 nitrogen and oxygen atoms in total. The number of aryl methyl sites for hydroxylation is 1. The van der Waals surface area contributed by atoms with Crippen molar-refractivity contribution in [2.45, 2.75) is 6.92 Å². The molecule has 0 aliphatic carbocycles. The molecule has 0 unspecified atom stereocenters. The van der Waals surface area contributed by atoms with E-state index in [2.05, 4.69) is 10.2 Å². The van der Waals surface area contributed by atoms with Crippen molar-refractivity contribution in [1.82, 2.24) is 10.2 Å². The van der Waals surface area contributed by atoms with Gasteiger partial charge < -0.3 is 5.73 Å². The molecule has 0 radical (unpaired) electrons. The zero-order valence-corrected chi connectivity index (χ0v) is 8.61. The van der Waals surface area contributed by atoms with Gasteiger partial charge in [0.15, 0.2) is 16.6 Å². The molecule has 6 heteroatoms.